The molecule has 0 radical (unpaired) electrons. The Labute approximate surface area is 106 Å². The Morgan fingerprint density at radius 1 is 1.53 bits per heavy atom. The van der Waals surface area contributed by atoms with Crippen molar-refractivity contribution in [3.8, 4) is 0 Å². The number of aryl methyl sites for hydroxylation is 2. The molecule has 0 unspecified atom stereocenters. The quantitative estimate of drug-likeness (QED) is 0.481. The molecule has 1 aromatic rings. The van der Waals surface area contributed by atoms with Gasteiger partial charge in [0.05, 0.1) is 6.61 Å². The maximum atomic E-state index is 11.0. The van der Waals surface area contributed by atoms with E-state index in [1.165, 1.54) is 21.4 Å². The second-order valence-electron chi connectivity index (χ2n) is 3.74. The lowest BCUT2D eigenvalue weighted by atomic mass is 10.3. The van der Waals surface area contributed by atoms with Gasteiger partial charge >= 0.3 is 5.97 Å². The Kier molecular flexibility index (Phi) is 5.94. The van der Waals surface area contributed by atoms with Gasteiger partial charge in [-0.1, -0.05) is 6.08 Å². The van der Waals surface area contributed by atoms with E-state index in [0.717, 1.165) is 6.54 Å². The van der Waals surface area contributed by atoms with E-state index >= 15 is 0 Å². The van der Waals surface area contributed by atoms with Crippen LogP contribution in [0.1, 0.15) is 22.2 Å². The molecule has 0 spiro atoms. The molecule has 0 atom stereocenters. The summed E-state index contributed by atoms with van der Waals surface area (Å²) in [6.07, 6.45) is 3.24. The van der Waals surface area contributed by atoms with Crippen molar-refractivity contribution in [2.24, 2.45) is 0 Å². The number of hydrogen-bond acceptors (Lipinski definition) is 4. The summed E-state index contributed by atoms with van der Waals surface area (Å²) in [6.45, 7) is 7.98. The van der Waals surface area contributed by atoms with Gasteiger partial charge in [-0.3, -0.25) is 0 Å². The van der Waals surface area contributed by atoms with Crippen LogP contribution in [0.4, 0.5) is 0 Å². The SMILES string of the molecule is CCOC(=O)/C=C/CNCc1cc(C)c(C)s1. The van der Waals surface area contributed by atoms with E-state index in [0.29, 0.717) is 13.2 Å². The largest absolute Gasteiger partial charge is 0.463 e. The third-order valence-corrected chi connectivity index (χ3v) is 3.47. The van der Waals surface area contributed by atoms with Gasteiger partial charge in [0.2, 0.25) is 0 Å². The Morgan fingerprint density at radius 2 is 2.29 bits per heavy atom. The van der Waals surface area contributed by atoms with Crippen molar-refractivity contribution < 1.29 is 9.53 Å². The Bertz CT molecular complexity index is 377. The van der Waals surface area contributed by atoms with Crippen molar-refractivity contribution in [3.05, 3.63) is 33.5 Å². The summed E-state index contributed by atoms with van der Waals surface area (Å²) in [4.78, 5) is 13.7. The minimum Gasteiger partial charge on any atom is -0.463 e. The molecule has 0 saturated heterocycles. The summed E-state index contributed by atoms with van der Waals surface area (Å²) in [7, 11) is 0. The first kappa shape index (κ1) is 13.9. The number of esters is 1. The van der Waals surface area contributed by atoms with E-state index in [-0.39, 0.29) is 5.97 Å². The van der Waals surface area contributed by atoms with Gasteiger partial charge in [0, 0.05) is 28.9 Å². The van der Waals surface area contributed by atoms with Crippen molar-refractivity contribution in [2.45, 2.75) is 27.3 Å². The van der Waals surface area contributed by atoms with Gasteiger partial charge in [-0.2, -0.15) is 0 Å². The van der Waals surface area contributed by atoms with E-state index < -0.39 is 0 Å². The summed E-state index contributed by atoms with van der Waals surface area (Å²) >= 11 is 1.81. The normalized spacial score (nSPS) is 11.0. The zero-order chi connectivity index (χ0) is 12.7. The molecule has 4 heteroatoms. The lowest BCUT2D eigenvalue weighted by Gasteiger charge is -1.98. The standard InChI is InChI=1S/C13H19NO2S/c1-4-16-13(15)6-5-7-14-9-12-8-10(2)11(3)17-12/h5-6,8,14H,4,7,9H2,1-3H3/b6-5+. The molecule has 0 aliphatic heterocycles. The minimum atomic E-state index is -0.280. The molecule has 0 aromatic carbocycles. The summed E-state index contributed by atoms with van der Waals surface area (Å²) in [5.74, 6) is -0.280. The highest BCUT2D eigenvalue weighted by Crippen LogP contribution is 2.19. The fourth-order valence-electron chi connectivity index (χ4n) is 1.36. The van der Waals surface area contributed by atoms with Crippen molar-refractivity contribution in [1.29, 1.82) is 0 Å². The van der Waals surface area contributed by atoms with Gasteiger partial charge in [0.15, 0.2) is 0 Å². The van der Waals surface area contributed by atoms with Crippen LogP contribution < -0.4 is 5.32 Å². The molecule has 0 fully saturated rings. The first-order chi connectivity index (χ1) is 8.13. The molecule has 0 aliphatic carbocycles. The fraction of sp³-hybridized carbons (Fsp3) is 0.462. The van der Waals surface area contributed by atoms with Crippen LogP contribution >= 0.6 is 11.3 Å². The van der Waals surface area contributed by atoms with Gasteiger partial charge < -0.3 is 10.1 Å². The predicted molar refractivity (Wildman–Crippen MR) is 71.3 cm³/mol. The van der Waals surface area contributed by atoms with Crippen molar-refractivity contribution in [3.63, 3.8) is 0 Å². The van der Waals surface area contributed by atoms with Gasteiger partial charge in [-0.25, -0.2) is 4.79 Å². The predicted octanol–water partition coefficient (Wildman–Crippen LogP) is 2.57. The first-order valence-electron chi connectivity index (χ1n) is 5.73. The highest BCUT2D eigenvalue weighted by molar-refractivity contribution is 7.12. The van der Waals surface area contributed by atoms with Crippen LogP contribution in [0.5, 0.6) is 0 Å². The molecule has 0 amide bonds. The van der Waals surface area contributed by atoms with Crippen molar-refractivity contribution >= 4 is 17.3 Å². The lowest BCUT2D eigenvalue weighted by molar-refractivity contribution is -0.137. The van der Waals surface area contributed by atoms with Crippen molar-refractivity contribution in [1.82, 2.24) is 5.32 Å². The van der Waals surface area contributed by atoms with E-state index in [1.54, 1.807) is 13.0 Å². The van der Waals surface area contributed by atoms with Crippen LogP contribution in [0.15, 0.2) is 18.2 Å². The Morgan fingerprint density at radius 3 is 2.88 bits per heavy atom. The average molecular weight is 253 g/mol. The van der Waals surface area contributed by atoms with Crippen molar-refractivity contribution in [2.75, 3.05) is 13.2 Å². The molecule has 3 nitrogen and oxygen atoms in total. The molecule has 17 heavy (non-hydrogen) atoms. The number of carbonyl (C=O) groups excluding carboxylic acids is 1. The Hall–Kier alpha value is -1.13. The summed E-state index contributed by atoms with van der Waals surface area (Å²) < 4.78 is 4.77. The van der Waals surface area contributed by atoms with Gasteiger partial charge in [-0.05, 0) is 32.4 Å². The second kappa shape index (κ2) is 7.25. The van der Waals surface area contributed by atoms with Gasteiger partial charge in [-0.15, -0.1) is 11.3 Å². The number of rotatable bonds is 6. The third-order valence-electron chi connectivity index (χ3n) is 2.32. The molecular formula is C13H19NO2S. The van der Waals surface area contributed by atoms with Gasteiger partial charge in [0.25, 0.3) is 0 Å². The monoisotopic (exact) mass is 253 g/mol. The first-order valence-corrected chi connectivity index (χ1v) is 6.55. The topological polar surface area (TPSA) is 38.3 Å². The molecule has 1 heterocycles. The molecular weight excluding hydrogens is 234 g/mol. The molecule has 1 rings (SSSR count). The zero-order valence-electron chi connectivity index (χ0n) is 10.6. The van der Waals surface area contributed by atoms with E-state index in [1.807, 2.05) is 11.3 Å². The van der Waals surface area contributed by atoms with Crippen LogP contribution in [0.2, 0.25) is 0 Å². The maximum Gasteiger partial charge on any atom is 0.330 e. The summed E-state index contributed by atoms with van der Waals surface area (Å²) in [5.41, 5.74) is 1.34. The van der Waals surface area contributed by atoms with Crippen LogP contribution in [0, 0.1) is 13.8 Å². The molecule has 1 aromatic heterocycles. The number of nitrogens with one attached hydrogen (secondary N) is 1. The molecule has 0 bridgehead atoms. The number of thiophene rings is 1. The maximum absolute atomic E-state index is 11.0. The number of carbonyl (C=O) groups is 1. The van der Waals surface area contributed by atoms with Crippen LogP contribution in [-0.4, -0.2) is 19.1 Å². The number of hydrogen-bond donors (Lipinski definition) is 1. The summed E-state index contributed by atoms with van der Waals surface area (Å²) in [5, 5.41) is 3.26. The molecule has 0 saturated carbocycles. The Balaban J connectivity index is 2.22. The molecule has 1 N–H and O–H groups in total. The average Bonchev–Trinajstić information content (AvgIpc) is 2.58. The third kappa shape index (κ3) is 5.15. The highest BCUT2D eigenvalue weighted by Gasteiger charge is 2.00. The highest BCUT2D eigenvalue weighted by atomic mass is 32.1. The fourth-order valence-corrected chi connectivity index (χ4v) is 2.38. The number of ether oxygens (including phenoxy) is 1. The summed E-state index contributed by atoms with van der Waals surface area (Å²) in [6, 6.07) is 2.20. The second-order valence-corrected chi connectivity index (χ2v) is 5.08. The smallest absolute Gasteiger partial charge is 0.330 e. The van der Waals surface area contributed by atoms with Crippen LogP contribution in [0.25, 0.3) is 0 Å². The van der Waals surface area contributed by atoms with Crippen LogP contribution in [-0.2, 0) is 16.1 Å². The molecule has 0 aliphatic rings. The van der Waals surface area contributed by atoms with Crippen LogP contribution in [0.3, 0.4) is 0 Å². The molecule has 94 valence electrons. The van der Waals surface area contributed by atoms with E-state index in [2.05, 4.69) is 25.2 Å². The van der Waals surface area contributed by atoms with E-state index in [9.17, 15) is 4.79 Å². The minimum absolute atomic E-state index is 0.280. The van der Waals surface area contributed by atoms with Gasteiger partial charge in [0.1, 0.15) is 0 Å². The van der Waals surface area contributed by atoms with E-state index in [4.69, 9.17) is 4.74 Å². The lowest BCUT2D eigenvalue weighted by Crippen LogP contribution is -2.12. The zero-order valence-corrected chi connectivity index (χ0v) is 11.4.